The van der Waals surface area contributed by atoms with Gasteiger partial charge in [-0.15, -0.1) is 0 Å². The molecule has 3 heteroatoms. The summed E-state index contributed by atoms with van der Waals surface area (Å²) < 4.78 is 0. The van der Waals surface area contributed by atoms with Crippen molar-refractivity contribution < 1.29 is 0 Å². The molecule has 1 aromatic rings. The molecule has 0 radical (unpaired) electrons. The van der Waals surface area contributed by atoms with Gasteiger partial charge in [-0.25, -0.2) is 0 Å². The molecule has 0 aromatic heterocycles. The maximum atomic E-state index is 5.95. The highest BCUT2D eigenvalue weighted by molar-refractivity contribution is 6.39. The van der Waals surface area contributed by atoms with Crippen molar-refractivity contribution in [3.63, 3.8) is 0 Å². The SMILES string of the molecule is Clc1cccc(Cl)c1NC1CC1. The van der Waals surface area contributed by atoms with Crippen LogP contribution in [0, 0.1) is 0 Å². The molecule has 1 aliphatic carbocycles. The van der Waals surface area contributed by atoms with Crippen LogP contribution in [0.25, 0.3) is 0 Å². The average Bonchev–Trinajstić information content (AvgIpc) is 2.80. The second kappa shape index (κ2) is 3.15. The second-order valence-electron chi connectivity index (χ2n) is 3.02. The summed E-state index contributed by atoms with van der Waals surface area (Å²) >= 11 is 11.9. The molecule has 1 N–H and O–H groups in total. The highest BCUT2D eigenvalue weighted by Gasteiger charge is 2.22. The van der Waals surface area contributed by atoms with Crippen LogP contribution in [0.3, 0.4) is 0 Å². The predicted octanol–water partition coefficient (Wildman–Crippen LogP) is 3.57. The highest BCUT2D eigenvalue weighted by Crippen LogP contribution is 2.34. The minimum Gasteiger partial charge on any atom is -0.380 e. The Balaban J connectivity index is 2.26. The summed E-state index contributed by atoms with van der Waals surface area (Å²) in [5, 5.41) is 4.69. The number of anilines is 1. The third kappa shape index (κ3) is 1.67. The fraction of sp³-hybridized carbons (Fsp3) is 0.333. The molecule has 0 atom stereocenters. The lowest BCUT2D eigenvalue weighted by Crippen LogP contribution is -2.01. The van der Waals surface area contributed by atoms with Crippen LogP contribution in [-0.4, -0.2) is 6.04 Å². The van der Waals surface area contributed by atoms with E-state index in [0.29, 0.717) is 16.1 Å². The molecular formula is C9H9Cl2N. The van der Waals surface area contributed by atoms with E-state index in [0.717, 1.165) is 5.69 Å². The quantitative estimate of drug-likeness (QED) is 0.772. The van der Waals surface area contributed by atoms with Crippen molar-refractivity contribution in [2.24, 2.45) is 0 Å². The van der Waals surface area contributed by atoms with Gasteiger partial charge >= 0.3 is 0 Å². The van der Waals surface area contributed by atoms with Crippen molar-refractivity contribution >= 4 is 28.9 Å². The van der Waals surface area contributed by atoms with E-state index in [1.807, 2.05) is 18.2 Å². The van der Waals surface area contributed by atoms with Crippen LogP contribution >= 0.6 is 23.2 Å². The van der Waals surface area contributed by atoms with Crippen LogP contribution in [-0.2, 0) is 0 Å². The fourth-order valence-electron chi connectivity index (χ4n) is 1.07. The molecule has 1 saturated carbocycles. The van der Waals surface area contributed by atoms with Gasteiger partial charge in [-0.3, -0.25) is 0 Å². The van der Waals surface area contributed by atoms with Gasteiger partial charge in [0.05, 0.1) is 15.7 Å². The lowest BCUT2D eigenvalue weighted by molar-refractivity contribution is 1.16. The third-order valence-electron chi connectivity index (χ3n) is 1.89. The first kappa shape index (κ1) is 8.21. The summed E-state index contributed by atoms with van der Waals surface area (Å²) in [5.41, 5.74) is 0.878. The molecule has 1 aliphatic rings. The molecule has 0 spiro atoms. The van der Waals surface area contributed by atoms with E-state index < -0.39 is 0 Å². The number of para-hydroxylation sites is 1. The number of benzene rings is 1. The molecule has 1 aromatic carbocycles. The van der Waals surface area contributed by atoms with Crippen molar-refractivity contribution in [2.75, 3.05) is 5.32 Å². The first-order valence-corrected chi connectivity index (χ1v) is 4.73. The zero-order valence-electron chi connectivity index (χ0n) is 6.48. The van der Waals surface area contributed by atoms with Gasteiger partial charge in [-0.05, 0) is 25.0 Å². The first-order chi connectivity index (χ1) is 5.77. The Hall–Kier alpha value is -0.400. The van der Waals surface area contributed by atoms with Crippen molar-refractivity contribution in [2.45, 2.75) is 18.9 Å². The minimum atomic E-state index is 0.586. The number of rotatable bonds is 2. The summed E-state index contributed by atoms with van der Waals surface area (Å²) in [7, 11) is 0. The summed E-state index contributed by atoms with van der Waals surface area (Å²) in [6.45, 7) is 0. The zero-order chi connectivity index (χ0) is 8.55. The predicted molar refractivity (Wildman–Crippen MR) is 53.1 cm³/mol. The van der Waals surface area contributed by atoms with E-state index in [2.05, 4.69) is 5.32 Å². The monoisotopic (exact) mass is 201 g/mol. The Bertz CT molecular complexity index is 274. The summed E-state index contributed by atoms with van der Waals surface area (Å²) in [6, 6.07) is 6.13. The Morgan fingerprint density at radius 2 is 1.75 bits per heavy atom. The molecule has 0 bridgehead atoms. The second-order valence-corrected chi connectivity index (χ2v) is 3.83. The maximum absolute atomic E-state index is 5.95. The van der Waals surface area contributed by atoms with Crippen molar-refractivity contribution in [3.8, 4) is 0 Å². The molecular weight excluding hydrogens is 193 g/mol. The van der Waals surface area contributed by atoms with Crippen molar-refractivity contribution in [3.05, 3.63) is 28.2 Å². The Kier molecular flexibility index (Phi) is 2.16. The molecule has 0 saturated heterocycles. The maximum Gasteiger partial charge on any atom is 0.0721 e. The van der Waals surface area contributed by atoms with Gasteiger partial charge in [-0.2, -0.15) is 0 Å². The molecule has 64 valence electrons. The topological polar surface area (TPSA) is 12.0 Å². The zero-order valence-corrected chi connectivity index (χ0v) is 7.99. The minimum absolute atomic E-state index is 0.586. The Morgan fingerprint density at radius 1 is 1.17 bits per heavy atom. The van der Waals surface area contributed by atoms with E-state index in [-0.39, 0.29) is 0 Å². The Morgan fingerprint density at radius 3 is 2.25 bits per heavy atom. The van der Waals surface area contributed by atoms with Gasteiger partial charge in [0.15, 0.2) is 0 Å². The average molecular weight is 202 g/mol. The molecule has 1 fully saturated rings. The van der Waals surface area contributed by atoms with Gasteiger partial charge in [0.25, 0.3) is 0 Å². The van der Waals surface area contributed by atoms with Crippen LogP contribution in [0.1, 0.15) is 12.8 Å². The van der Waals surface area contributed by atoms with Crippen LogP contribution in [0.2, 0.25) is 10.0 Å². The lowest BCUT2D eigenvalue weighted by Gasteiger charge is -2.08. The number of hydrogen-bond donors (Lipinski definition) is 1. The van der Waals surface area contributed by atoms with Gasteiger partial charge in [0.1, 0.15) is 0 Å². The molecule has 1 nitrogen and oxygen atoms in total. The number of halogens is 2. The van der Waals surface area contributed by atoms with E-state index in [1.54, 1.807) is 0 Å². The van der Waals surface area contributed by atoms with Crippen molar-refractivity contribution in [1.29, 1.82) is 0 Å². The van der Waals surface area contributed by atoms with E-state index in [4.69, 9.17) is 23.2 Å². The molecule has 0 aliphatic heterocycles. The molecule has 0 amide bonds. The van der Waals surface area contributed by atoms with Crippen LogP contribution in [0.15, 0.2) is 18.2 Å². The van der Waals surface area contributed by atoms with Gasteiger partial charge < -0.3 is 5.32 Å². The van der Waals surface area contributed by atoms with E-state index in [1.165, 1.54) is 12.8 Å². The van der Waals surface area contributed by atoms with Crippen LogP contribution < -0.4 is 5.32 Å². The van der Waals surface area contributed by atoms with Gasteiger partial charge in [-0.1, -0.05) is 29.3 Å². The smallest absolute Gasteiger partial charge is 0.0721 e. The lowest BCUT2D eigenvalue weighted by atomic mass is 10.3. The normalized spacial score (nSPS) is 16.2. The fourth-order valence-corrected chi connectivity index (χ4v) is 1.57. The summed E-state index contributed by atoms with van der Waals surface area (Å²) in [5.74, 6) is 0. The number of hydrogen-bond acceptors (Lipinski definition) is 1. The van der Waals surface area contributed by atoms with Crippen molar-refractivity contribution in [1.82, 2.24) is 0 Å². The first-order valence-electron chi connectivity index (χ1n) is 3.98. The molecule has 12 heavy (non-hydrogen) atoms. The van der Waals surface area contributed by atoms with E-state index >= 15 is 0 Å². The largest absolute Gasteiger partial charge is 0.380 e. The molecule has 0 unspecified atom stereocenters. The van der Waals surface area contributed by atoms with Crippen LogP contribution in [0.5, 0.6) is 0 Å². The number of nitrogens with one attached hydrogen (secondary N) is 1. The molecule has 2 rings (SSSR count). The van der Waals surface area contributed by atoms with E-state index in [9.17, 15) is 0 Å². The van der Waals surface area contributed by atoms with Gasteiger partial charge in [0, 0.05) is 6.04 Å². The Labute approximate surface area is 81.7 Å². The highest BCUT2D eigenvalue weighted by atomic mass is 35.5. The standard InChI is InChI=1S/C9H9Cl2N/c10-7-2-1-3-8(11)9(7)12-6-4-5-6/h1-3,6,12H,4-5H2. The third-order valence-corrected chi connectivity index (χ3v) is 2.52. The summed E-state index contributed by atoms with van der Waals surface area (Å²) in [6.07, 6.45) is 2.45. The molecule has 0 heterocycles. The summed E-state index contributed by atoms with van der Waals surface area (Å²) in [4.78, 5) is 0. The van der Waals surface area contributed by atoms with Gasteiger partial charge in [0.2, 0.25) is 0 Å². The van der Waals surface area contributed by atoms with Crippen LogP contribution in [0.4, 0.5) is 5.69 Å².